The second-order valence-corrected chi connectivity index (χ2v) is 9.84. The van der Waals surface area contributed by atoms with Gasteiger partial charge in [-0.3, -0.25) is 14.2 Å². The molecule has 0 aliphatic rings. The maximum atomic E-state index is 13.5. The van der Waals surface area contributed by atoms with Crippen LogP contribution in [0.4, 0.5) is 0 Å². The molecule has 0 saturated heterocycles. The number of fused-ring (bicyclic) bond motifs is 1. The van der Waals surface area contributed by atoms with Crippen LogP contribution in [0.25, 0.3) is 10.9 Å². The van der Waals surface area contributed by atoms with Gasteiger partial charge in [-0.05, 0) is 41.3 Å². The number of carbonyl (C=O) groups is 1. The monoisotopic (exact) mass is 491 g/mol. The van der Waals surface area contributed by atoms with Gasteiger partial charge >= 0.3 is 0 Å². The summed E-state index contributed by atoms with van der Waals surface area (Å²) in [4.78, 5) is 30.9. The lowest BCUT2D eigenvalue weighted by atomic mass is 10.1. The number of nitrogens with zero attached hydrogens (tertiary/aromatic N) is 2. The van der Waals surface area contributed by atoms with Crippen LogP contribution in [-0.2, 0) is 12.3 Å². The molecule has 0 spiro atoms. The SMILES string of the molecule is CC(C)CNC(=O)c1ccc2c(=O)n(Cc3ccccc3)c(SCc3ccccc3Cl)nc2c1. The van der Waals surface area contributed by atoms with Gasteiger partial charge in [0.25, 0.3) is 11.5 Å². The van der Waals surface area contributed by atoms with Gasteiger partial charge in [-0.25, -0.2) is 4.98 Å². The predicted octanol–water partition coefficient (Wildman–Crippen LogP) is 5.78. The third-order valence-corrected chi connectivity index (χ3v) is 6.75. The van der Waals surface area contributed by atoms with Crippen molar-refractivity contribution in [1.29, 1.82) is 0 Å². The van der Waals surface area contributed by atoms with E-state index in [1.54, 1.807) is 22.8 Å². The Kier molecular flexibility index (Phi) is 7.70. The lowest BCUT2D eigenvalue weighted by molar-refractivity contribution is 0.0949. The molecule has 4 aromatic rings. The van der Waals surface area contributed by atoms with E-state index < -0.39 is 0 Å². The Morgan fingerprint density at radius 1 is 1.06 bits per heavy atom. The number of rotatable bonds is 8. The van der Waals surface area contributed by atoms with E-state index >= 15 is 0 Å². The first-order chi connectivity index (χ1) is 16.4. The van der Waals surface area contributed by atoms with E-state index in [2.05, 4.69) is 5.32 Å². The average molecular weight is 492 g/mol. The minimum atomic E-state index is -0.170. The van der Waals surface area contributed by atoms with Crippen LogP contribution in [0.2, 0.25) is 5.02 Å². The number of thioether (sulfide) groups is 1. The van der Waals surface area contributed by atoms with Crippen molar-refractivity contribution in [1.82, 2.24) is 14.9 Å². The van der Waals surface area contributed by atoms with Crippen LogP contribution < -0.4 is 10.9 Å². The summed E-state index contributed by atoms with van der Waals surface area (Å²) in [6.07, 6.45) is 0. The van der Waals surface area contributed by atoms with Gasteiger partial charge in [-0.1, -0.05) is 85.7 Å². The zero-order valence-corrected chi connectivity index (χ0v) is 20.7. The van der Waals surface area contributed by atoms with Gasteiger partial charge in [0, 0.05) is 22.9 Å². The molecule has 0 atom stereocenters. The van der Waals surface area contributed by atoms with Crippen molar-refractivity contribution in [3.05, 3.63) is 105 Å². The Labute approximate surface area is 208 Å². The van der Waals surface area contributed by atoms with E-state index in [0.29, 0.717) is 51.4 Å². The molecule has 0 aliphatic carbocycles. The lowest BCUT2D eigenvalue weighted by Gasteiger charge is -2.14. The molecule has 0 radical (unpaired) electrons. The summed E-state index contributed by atoms with van der Waals surface area (Å²) in [6.45, 7) is 5.08. The Bertz CT molecular complexity index is 1370. The van der Waals surface area contributed by atoms with E-state index in [1.165, 1.54) is 11.8 Å². The number of amides is 1. The summed E-state index contributed by atoms with van der Waals surface area (Å²) in [5.74, 6) is 0.748. The molecule has 4 rings (SSSR count). The standard InChI is InChI=1S/C27H26ClN3O2S/c1-18(2)15-29-25(32)20-12-13-22-24(14-20)30-27(34-17-21-10-6-7-11-23(21)28)31(26(22)33)16-19-8-4-3-5-9-19/h3-14,18H,15-17H2,1-2H3,(H,29,32). The lowest BCUT2D eigenvalue weighted by Crippen LogP contribution is -2.28. The largest absolute Gasteiger partial charge is 0.352 e. The molecule has 7 heteroatoms. The molecule has 1 N–H and O–H groups in total. The number of aromatic nitrogens is 2. The maximum absolute atomic E-state index is 13.5. The Morgan fingerprint density at radius 3 is 2.53 bits per heavy atom. The highest BCUT2D eigenvalue weighted by Gasteiger charge is 2.15. The van der Waals surface area contributed by atoms with Crippen molar-refractivity contribution in [2.24, 2.45) is 5.92 Å². The summed E-state index contributed by atoms with van der Waals surface area (Å²) in [5, 5.41) is 4.67. The fraction of sp³-hybridized carbons (Fsp3) is 0.222. The second kappa shape index (κ2) is 10.9. The quantitative estimate of drug-likeness (QED) is 0.251. The highest BCUT2D eigenvalue weighted by atomic mass is 35.5. The molecule has 34 heavy (non-hydrogen) atoms. The summed E-state index contributed by atoms with van der Waals surface area (Å²) >= 11 is 7.80. The number of nitrogens with one attached hydrogen (secondary N) is 1. The van der Waals surface area contributed by atoms with Crippen molar-refractivity contribution in [3.8, 4) is 0 Å². The molecule has 3 aromatic carbocycles. The second-order valence-electron chi connectivity index (χ2n) is 8.49. The first-order valence-electron chi connectivity index (χ1n) is 11.2. The van der Waals surface area contributed by atoms with Gasteiger partial charge in [0.1, 0.15) is 0 Å². The third kappa shape index (κ3) is 5.69. The van der Waals surface area contributed by atoms with Crippen LogP contribution in [0.15, 0.2) is 82.7 Å². The van der Waals surface area contributed by atoms with Crippen molar-refractivity contribution < 1.29 is 4.79 Å². The van der Waals surface area contributed by atoms with Crippen LogP contribution in [0.3, 0.4) is 0 Å². The normalized spacial score (nSPS) is 11.2. The number of halogens is 1. The molecule has 0 unspecified atom stereocenters. The zero-order chi connectivity index (χ0) is 24.1. The first-order valence-corrected chi connectivity index (χ1v) is 12.5. The summed E-state index contributed by atoms with van der Waals surface area (Å²) in [6, 6.07) is 22.5. The molecule has 0 fully saturated rings. The Morgan fingerprint density at radius 2 is 1.79 bits per heavy atom. The van der Waals surface area contributed by atoms with Crippen molar-refractivity contribution in [2.45, 2.75) is 31.3 Å². The molecule has 0 bridgehead atoms. The molecule has 1 heterocycles. The van der Waals surface area contributed by atoms with Gasteiger partial charge in [0.05, 0.1) is 17.4 Å². The minimum absolute atomic E-state index is 0.135. The van der Waals surface area contributed by atoms with Crippen molar-refractivity contribution in [2.75, 3.05) is 6.54 Å². The molecule has 5 nitrogen and oxygen atoms in total. The summed E-state index contributed by atoms with van der Waals surface area (Å²) in [5.41, 5.74) is 2.84. The molecule has 1 aromatic heterocycles. The zero-order valence-electron chi connectivity index (χ0n) is 19.1. The molecular formula is C27H26ClN3O2S. The van der Waals surface area contributed by atoms with Gasteiger partial charge in [-0.15, -0.1) is 0 Å². The number of hydrogen-bond donors (Lipinski definition) is 1. The van der Waals surface area contributed by atoms with Crippen molar-refractivity contribution >= 4 is 40.2 Å². The fourth-order valence-corrected chi connectivity index (χ4v) is 4.80. The summed E-state index contributed by atoms with van der Waals surface area (Å²) in [7, 11) is 0. The van der Waals surface area contributed by atoms with E-state index in [0.717, 1.165) is 11.1 Å². The fourth-order valence-electron chi connectivity index (χ4n) is 3.51. The number of carbonyl (C=O) groups excluding carboxylic acids is 1. The highest BCUT2D eigenvalue weighted by molar-refractivity contribution is 7.98. The van der Waals surface area contributed by atoms with Crippen LogP contribution >= 0.6 is 23.4 Å². The maximum Gasteiger partial charge on any atom is 0.262 e. The minimum Gasteiger partial charge on any atom is -0.352 e. The first kappa shape index (κ1) is 24.0. The van der Waals surface area contributed by atoms with Gasteiger partial charge in [0.2, 0.25) is 0 Å². The molecular weight excluding hydrogens is 466 g/mol. The molecule has 1 amide bonds. The molecule has 174 valence electrons. The Hall–Kier alpha value is -3.09. The smallest absolute Gasteiger partial charge is 0.262 e. The molecule has 0 aliphatic heterocycles. The number of benzene rings is 3. The van der Waals surface area contributed by atoms with Gasteiger partial charge in [0.15, 0.2) is 5.16 Å². The summed E-state index contributed by atoms with van der Waals surface area (Å²) < 4.78 is 1.69. The Balaban J connectivity index is 1.74. The van der Waals surface area contributed by atoms with E-state index in [4.69, 9.17) is 16.6 Å². The third-order valence-electron chi connectivity index (χ3n) is 5.35. The van der Waals surface area contributed by atoms with Crippen molar-refractivity contribution in [3.63, 3.8) is 0 Å². The van der Waals surface area contributed by atoms with Gasteiger partial charge < -0.3 is 5.32 Å². The highest BCUT2D eigenvalue weighted by Crippen LogP contribution is 2.26. The van der Waals surface area contributed by atoms with E-state index in [-0.39, 0.29) is 11.5 Å². The van der Waals surface area contributed by atoms with E-state index in [1.807, 2.05) is 68.4 Å². The molecule has 0 saturated carbocycles. The predicted molar refractivity (Wildman–Crippen MR) is 140 cm³/mol. The van der Waals surface area contributed by atoms with Crippen LogP contribution in [0, 0.1) is 5.92 Å². The number of hydrogen-bond acceptors (Lipinski definition) is 4. The topological polar surface area (TPSA) is 64.0 Å². The average Bonchev–Trinajstić information content (AvgIpc) is 2.84. The van der Waals surface area contributed by atoms with Crippen LogP contribution in [-0.4, -0.2) is 22.0 Å². The van der Waals surface area contributed by atoms with E-state index in [9.17, 15) is 9.59 Å². The van der Waals surface area contributed by atoms with Crippen LogP contribution in [0.5, 0.6) is 0 Å². The van der Waals surface area contributed by atoms with Gasteiger partial charge in [-0.2, -0.15) is 0 Å². The van der Waals surface area contributed by atoms with Crippen LogP contribution in [0.1, 0.15) is 35.3 Å².